The third kappa shape index (κ3) is 1.22. The predicted octanol–water partition coefficient (Wildman–Crippen LogP) is 2.96. The van der Waals surface area contributed by atoms with Crippen molar-refractivity contribution in [1.29, 1.82) is 0 Å². The summed E-state index contributed by atoms with van der Waals surface area (Å²) in [5, 5.41) is 23.1. The van der Waals surface area contributed by atoms with Crippen molar-refractivity contribution in [2.75, 3.05) is 0 Å². The molecule has 0 atom stereocenters. The highest BCUT2D eigenvalue weighted by atomic mass is 16.3. The van der Waals surface area contributed by atoms with E-state index in [0.717, 1.165) is 0 Å². The number of fused-ring (bicyclic) bond motifs is 1. The first-order chi connectivity index (χ1) is 7.16. The summed E-state index contributed by atoms with van der Waals surface area (Å²) in [7, 11) is 0. The van der Waals surface area contributed by atoms with Gasteiger partial charge in [0.15, 0.2) is 11.4 Å². The minimum atomic E-state index is -0.263. The molecule has 0 saturated carbocycles. The molecular formula is C11H9NO3. The van der Waals surface area contributed by atoms with Gasteiger partial charge in [-0.1, -0.05) is 24.3 Å². The molecule has 0 aliphatic heterocycles. The predicted molar refractivity (Wildman–Crippen MR) is 57.5 cm³/mol. The third-order valence-electron chi connectivity index (χ3n) is 2.46. The van der Waals surface area contributed by atoms with Crippen LogP contribution in [-0.2, 0) is 0 Å². The highest BCUT2D eigenvalue weighted by Crippen LogP contribution is 2.43. The van der Waals surface area contributed by atoms with Gasteiger partial charge in [0, 0.05) is 16.3 Å². The number of phenolic OH excluding ortho intramolecular Hbond substituents is 2. The van der Waals surface area contributed by atoms with Crippen LogP contribution < -0.4 is 0 Å². The van der Waals surface area contributed by atoms with E-state index in [4.69, 9.17) is 0 Å². The molecule has 2 aromatic carbocycles. The van der Waals surface area contributed by atoms with Crippen molar-refractivity contribution in [1.82, 2.24) is 0 Å². The maximum Gasteiger partial charge on any atom is 0.157 e. The van der Waals surface area contributed by atoms with Gasteiger partial charge in [-0.05, 0) is 12.1 Å². The zero-order valence-corrected chi connectivity index (χ0v) is 8.06. The fourth-order valence-corrected chi connectivity index (χ4v) is 1.61. The summed E-state index contributed by atoms with van der Waals surface area (Å²) in [5.41, 5.74) is 0.240. The quantitative estimate of drug-likeness (QED) is 0.700. The molecule has 0 aromatic heterocycles. The number of aromatic hydroxyl groups is 2. The maximum absolute atomic E-state index is 10.6. The Morgan fingerprint density at radius 2 is 1.67 bits per heavy atom. The molecular weight excluding hydrogens is 194 g/mol. The number of phenols is 2. The second kappa shape index (κ2) is 3.24. The topological polar surface area (TPSA) is 69.9 Å². The normalized spacial score (nSPS) is 10.5. The Morgan fingerprint density at radius 3 is 2.27 bits per heavy atom. The van der Waals surface area contributed by atoms with Gasteiger partial charge in [-0.15, -0.1) is 4.91 Å². The Kier molecular flexibility index (Phi) is 2.04. The zero-order valence-electron chi connectivity index (χ0n) is 8.06. The van der Waals surface area contributed by atoms with Crippen molar-refractivity contribution < 1.29 is 10.2 Å². The Labute approximate surface area is 85.8 Å². The van der Waals surface area contributed by atoms with E-state index in [0.29, 0.717) is 10.8 Å². The van der Waals surface area contributed by atoms with E-state index in [1.54, 1.807) is 24.3 Å². The first-order valence-electron chi connectivity index (χ1n) is 4.43. The van der Waals surface area contributed by atoms with Crippen LogP contribution in [0.2, 0.25) is 0 Å². The van der Waals surface area contributed by atoms with Crippen LogP contribution >= 0.6 is 0 Å². The Hall–Kier alpha value is -2.10. The molecule has 15 heavy (non-hydrogen) atoms. The van der Waals surface area contributed by atoms with E-state index < -0.39 is 0 Å². The molecule has 0 aliphatic rings. The summed E-state index contributed by atoms with van der Waals surface area (Å²) in [6, 6.07) is 6.76. The average Bonchev–Trinajstić information content (AvgIpc) is 2.27. The molecule has 4 heteroatoms. The highest BCUT2D eigenvalue weighted by Gasteiger charge is 2.15. The van der Waals surface area contributed by atoms with Crippen LogP contribution in [0.1, 0.15) is 5.56 Å². The Balaban J connectivity index is 3.04. The van der Waals surface area contributed by atoms with Gasteiger partial charge in [-0.25, -0.2) is 0 Å². The second-order valence-corrected chi connectivity index (χ2v) is 3.31. The number of nitroso groups, excluding NO2 is 1. The molecule has 0 saturated heterocycles. The summed E-state index contributed by atoms with van der Waals surface area (Å²) in [6.45, 7) is 1.53. The molecule has 4 nitrogen and oxygen atoms in total. The van der Waals surface area contributed by atoms with Crippen LogP contribution in [0.4, 0.5) is 5.69 Å². The Morgan fingerprint density at radius 1 is 1.07 bits per heavy atom. The van der Waals surface area contributed by atoms with Crippen LogP contribution in [-0.4, -0.2) is 10.2 Å². The Bertz CT molecular complexity index is 549. The number of nitrogens with zero attached hydrogens (tertiary/aromatic N) is 1. The largest absolute Gasteiger partial charge is 0.507 e. The molecule has 0 spiro atoms. The first kappa shape index (κ1) is 9.45. The summed E-state index contributed by atoms with van der Waals surface area (Å²) in [5.74, 6) is -0.281. The van der Waals surface area contributed by atoms with Gasteiger partial charge in [0.25, 0.3) is 0 Å². The number of hydrogen-bond donors (Lipinski definition) is 2. The number of benzene rings is 2. The molecule has 2 rings (SSSR count). The monoisotopic (exact) mass is 203 g/mol. The van der Waals surface area contributed by atoms with Gasteiger partial charge >= 0.3 is 0 Å². The fourth-order valence-electron chi connectivity index (χ4n) is 1.61. The summed E-state index contributed by atoms with van der Waals surface area (Å²) >= 11 is 0. The van der Waals surface area contributed by atoms with Gasteiger partial charge in [0.05, 0.1) is 0 Å². The van der Waals surface area contributed by atoms with Crippen molar-refractivity contribution in [3.8, 4) is 11.5 Å². The molecule has 0 heterocycles. The summed E-state index contributed by atoms with van der Waals surface area (Å²) in [6.07, 6.45) is 0. The van der Waals surface area contributed by atoms with Crippen molar-refractivity contribution in [3.63, 3.8) is 0 Å². The lowest BCUT2D eigenvalue weighted by Crippen LogP contribution is -1.82. The van der Waals surface area contributed by atoms with Crippen LogP contribution in [0, 0.1) is 11.8 Å². The molecule has 0 unspecified atom stereocenters. The molecule has 0 radical (unpaired) electrons. The van der Waals surface area contributed by atoms with Crippen LogP contribution in [0.25, 0.3) is 10.8 Å². The van der Waals surface area contributed by atoms with E-state index in [9.17, 15) is 15.1 Å². The second-order valence-electron chi connectivity index (χ2n) is 3.31. The van der Waals surface area contributed by atoms with E-state index in [-0.39, 0.29) is 22.7 Å². The molecule has 0 fully saturated rings. The van der Waals surface area contributed by atoms with Crippen molar-refractivity contribution in [2.24, 2.45) is 5.18 Å². The van der Waals surface area contributed by atoms with Crippen LogP contribution in [0.3, 0.4) is 0 Å². The summed E-state index contributed by atoms with van der Waals surface area (Å²) in [4.78, 5) is 10.6. The lowest BCUT2D eigenvalue weighted by Gasteiger charge is -2.08. The van der Waals surface area contributed by atoms with Crippen molar-refractivity contribution >= 4 is 16.5 Å². The minimum absolute atomic E-state index is 0.0181. The standard InChI is InChI=1S/C11H9NO3/c1-6-10(13)8-5-3-2-4-7(8)9(12-15)11(6)14/h2-5,13-14H,1H3. The van der Waals surface area contributed by atoms with Crippen molar-refractivity contribution in [3.05, 3.63) is 34.7 Å². The van der Waals surface area contributed by atoms with Gasteiger partial charge in [-0.3, -0.25) is 0 Å². The lowest BCUT2D eigenvalue weighted by atomic mass is 10.0. The summed E-state index contributed by atoms with van der Waals surface area (Å²) < 4.78 is 0. The lowest BCUT2D eigenvalue weighted by molar-refractivity contribution is 0.449. The number of rotatable bonds is 1. The zero-order chi connectivity index (χ0) is 11.0. The average molecular weight is 203 g/mol. The molecule has 0 aliphatic carbocycles. The molecule has 2 aromatic rings. The minimum Gasteiger partial charge on any atom is -0.507 e. The first-order valence-corrected chi connectivity index (χ1v) is 4.43. The molecule has 0 bridgehead atoms. The van der Waals surface area contributed by atoms with E-state index in [1.165, 1.54) is 6.92 Å². The molecule has 0 amide bonds. The number of hydrogen-bond acceptors (Lipinski definition) is 4. The van der Waals surface area contributed by atoms with Crippen LogP contribution in [0.15, 0.2) is 29.4 Å². The van der Waals surface area contributed by atoms with Crippen molar-refractivity contribution in [2.45, 2.75) is 6.92 Å². The van der Waals surface area contributed by atoms with E-state index in [2.05, 4.69) is 5.18 Å². The SMILES string of the molecule is Cc1c(O)c(N=O)c2ccccc2c1O. The van der Waals surface area contributed by atoms with Crippen LogP contribution in [0.5, 0.6) is 11.5 Å². The fraction of sp³-hybridized carbons (Fsp3) is 0.0909. The maximum atomic E-state index is 10.6. The molecule has 2 N–H and O–H groups in total. The van der Waals surface area contributed by atoms with Gasteiger partial charge in [-0.2, -0.15) is 0 Å². The smallest absolute Gasteiger partial charge is 0.157 e. The van der Waals surface area contributed by atoms with Gasteiger partial charge < -0.3 is 10.2 Å². The molecule has 76 valence electrons. The van der Waals surface area contributed by atoms with Gasteiger partial charge in [0.1, 0.15) is 5.75 Å². The van der Waals surface area contributed by atoms with E-state index >= 15 is 0 Å². The van der Waals surface area contributed by atoms with E-state index in [1.807, 2.05) is 0 Å². The van der Waals surface area contributed by atoms with Gasteiger partial charge in [0.2, 0.25) is 0 Å². The third-order valence-corrected chi connectivity index (χ3v) is 2.46. The highest BCUT2D eigenvalue weighted by molar-refractivity contribution is 6.00.